The molecule has 1 N–H and O–H groups in total. The van der Waals surface area contributed by atoms with E-state index in [1.54, 1.807) is 22.5 Å². The molecule has 4 rings (SSSR count). The first-order valence-corrected chi connectivity index (χ1v) is 12.2. The number of amides is 1. The summed E-state index contributed by atoms with van der Waals surface area (Å²) >= 11 is 0. The summed E-state index contributed by atoms with van der Waals surface area (Å²) < 4.78 is 29.4. The number of piperidine rings is 1. The lowest BCUT2D eigenvalue weighted by Gasteiger charge is -2.26. The minimum atomic E-state index is -3.48. The number of nitrogens with zero attached hydrogens (tertiary/aromatic N) is 2. The third kappa shape index (κ3) is 4.52. The average Bonchev–Trinajstić information content (AvgIpc) is 3.22. The van der Waals surface area contributed by atoms with Crippen LogP contribution in [-0.4, -0.2) is 36.3 Å². The van der Waals surface area contributed by atoms with Crippen LogP contribution in [0.3, 0.4) is 0 Å². The number of sulfonamides is 1. The maximum Gasteiger partial charge on any atom is 0.243 e. The summed E-state index contributed by atoms with van der Waals surface area (Å²) in [5, 5.41) is 3.80. The fourth-order valence-electron chi connectivity index (χ4n) is 4.06. The molecule has 164 valence electrons. The molecule has 6 nitrogen and oxygen atoms in total. The van der Waals surface area contributed by atoms with E-state index in [9.17, 15) is 13.2 Å². The second-order valence-corrected chi connectivity index (χ2v) is 10.2. The van der Waals surface area contributed by atoms with Gasteiger partial charge in [0, 0.05) is 36.7 Å². The molecule has 1 fully saturated rings. The average molecular weight is 440 g/mol. The van der Waals surface area contributed by atoms with Crippen molar-refractivity contribution in [1.29, 1.82) is 0 Å². The monoisotopic (exact) mass is 439 g/mol. The van der Waals surface area contributed by atoms with E-state index in [4.69, 9.17) is 0 Å². The zero-order chi connectivity index (χ0) is 22.0. The molecule has 3 aromatic rings. The van der Waals surface area contributed by atoms with Crippen molar-refractivity contribution in [3.8, 4) is 0 Å². The second-order valence-electron chi connectivity index (χ2n) is 8.29. The molecule has 0 unspecified atom stereocenters. The second kappa shape index (κ2) is 8.85. The molecule has 1 amide bonds. The van der Waals surface area contributed by atoms with Crippen LogP contribution in [0.1, 0.15) is 43.4 Å². The summed E-state index contributed by atoms with van der Waals surface area (Å²) in [4.78, 5) is 13.0. The summed E-state index contributed by atoms with van der Waals surface area (Å²) in [7, 11) is -3.48. The van der Waals surface area contributed by atoms with Crippen molar-refractivity contribution in [1.82, 2.24) is 14.2 Å². The SMILES string of the molecule is Cc1ccc(CNC(=O)[C@@H](C)n2ccc3cc(S(=O)(=O)N4CCCCC4)ccc32)cc1. The highest BCUT2D eigenvalue weighted by Gasteiger charge is 2.26. The van der Waals surface area contributed by atoms with Crippen molar-refractivity contribution in [2.24, 2.45) is 0 Å². The highest BCUT2D eigenvalue weighted by molar-refractivity contribution is 7.89. The Bertz CT molecular complexity index is 1180. The van der Waals surface area contributed by atoms with Gasteiger partial charge in [0.1, 0.15) is 6.04 Å². The normalized spacial score (nSPS) is 16.3. The van der Waals surface area contributed by atoms with E-state index in [2.05, 4.69) is 5.32 Å². The van der Waals surface area contributed by atoms with E-state index < -0.39 is 16.1 Å². The summed E-state index contributed by atoms with van der Waals surface area (Å²) in [5.74, 6) is -0.0805. The molecule has 1 aliphatic heterocycles. The highest BCUT2D eigenvalue weighted by Crippen LogP contribution is 2.26. The molecule has 31 heavy (non-hydrogen) atoms. The molecule has 0 radical (unpaired) electrons. The van der Waals surface area contributed by atoms with Gasteiger partial charge in [-0.3, -0.25) is 4.79 Å². The molecule has 1 aliphatic rings. The predicted molar refractivity (Wildman–Crippen MR) is 122 cm³/mol. The van der Waals surface area contributed by atoms with Crippen molar-refractivity contribution >= 4 is 26.8 Å². The third-order valence-electron chi connectivity index (χ3n) is 6.03. The number of carbonyl (C=O) groups excluding carboxylic acids is 1. The first kappa shape index (κ1) is 21.6. The van der Waals surface area contributed by atoms with Gasteiger partial charge in [-0.15, -0.1) is 0 Å². The van der Waals surface area contributed by atoms with Crippen LogP contribution in [0.5, 0.6) is 0 Å². The van der Waals surface area contributed by atoms with Gasteiger partial charge in [0.05, 0.1) is 4.90 Å². The van der Waals surface area contributed by atoms with Gasteiger partial charge in [-0.05, 0) is 56.5 Å². The number of hydrogen-bond donors (Lipinski definition) is 1. The minimum Gasteiger partial charge on any atom is -0.350 e. The standard InChI is InChI=1S/C24H29N3O3S/c1-18-6-8-20(9-7-18)17-25-24(28)19(2)27-15-12-21-16-22(10-11-23(21)27)31(29,30)26-13-4-3-5-14-26/h6-12,15-16,19H,3-5,13-14,17H2,1-2H3,(H,25,28)/t19-/m1/s1. The van der Waals surface area contributed by atoms with E-state index in [-0.39, 0.29) is 5.91 Å². The third-order valence-corrected chi connectivity index (χ3v) is 7.92. The summed E-state index contributed by atoms with van der Waals surface area (Å²) in [6.07, 6.45) is 4.75. The molecule has 0 saturated carbocycles. The van der Waals surface area contributed by atoms with E-state index >= 15 is 0 Å². The van der Waals surface area contributed by atoms with Crippen LogP contribution in [0.4, 0.5) is 0 Å². The van der Waals surface area contributed by atoms with Crippen molar-refractivity contribution in [2.75, 3.05) is 13.1 Å². The van der Waals surface area contributed by atoms with E-state index in [1.165, 1.54) is 5.56 Å². The molecule has 1 atom stereocenters. The number of rotatable bonds is 6. The Hall–Kier alpha value is -2.64. The van der Waals surface area contributed by atoms with Crippen LogP contribution in [0, 0.1) is 6.92 Å². The zero-order valence-electron chi connectivity index (χ0n) is 18.0. The quantitative estimate of drug-likeness (QED) is 0.631. The summed E-state index contributed by atoms with van der Waals surface area (Å²) in [6.45, 7) is 5.52. The van der Waals surface area contributed by atoms with Gasteiger partial charge in [-0.25, -0.2) is 8.42 Å². The van der Waals surface area contributed by atoms with E-state index in [0.29, 0.717) is 24.5 Å². The van der Waals surface area contributed by atoms with Crippen molar-refractivity contribution in [3.63, 3.8) is 0 Å². The molecule has 2 heterocycles. The lowest BCUT2D eigenvalue weighted by molar-refractivity contribution is -0.123. The van der Waals surface area contributed by atoms with E-state index in [0.717, 1.165) is 35.7 Å². The van der Waals surface area contributed by atoms with Crippen LogP contribution < -0.4 is 5.32 Å². The van der Waals surface area contributed by atoms with Crippen molar-refractivity contribution in [2.45, 2.75) is 50.6 Å². The smallest absolute Gasteiger partial charge is 0.243 e. The maximum atomic E-state index is 13.0. The van der Waals surface area contributed by atoms with Gasteiger partial charge in [-0.1, -0.05) is 36.2 Å². The van der Waals surface area contributed by atoms with Crippen LogP contribution in [-0.2, 0) is 21.4 Å². The number of aromatic nitrogens is 1. The number of nitrogens with one attached hydrogen (secondary N) is 1. The Kier molecular flexibility index (Phi) is 6.16. The van der Waals surface area contributed by atoms with Crippen LogP contribution >= 0.6 is 0 Å². The van der Waals surface area contributed by atoms with Gasteiger partial charge >= 0.3 is 0 Å². The number of benzene rings is 2. The van der Waals surface area contributed by atoms with Crippen LogP contribution in [0.2, 0.25) is 0 Å². The van der Waals surface area contributed by atoms with Crippen molar-refractivity contribution in [3.05, 3.63) is 65.9 Å². The van der Waals surface area contributed by atoms with Gasteiger partial charge in [0.15, 0.2) is 0 Å². The minimum absolute atomic E-state index is 0.0805. The Labute approximate surface area is 183 Å². The number of carbonyl (C=O) groups is 1. The molecule has 1 saturated heterocycles. The number of fused-ring (bicyclic) bond motifs is 1. The fourth-order valence-corrected chi connectivity index (χ4v) is 5.62. The molecular formula is C24H29N3O3S. The summed E-state index contributed by atoms with van der Waals surface area (Å²) in [5.41, 5.74) is 3.08. The van der Waals surface area contributed by atoms with Gasteiger partial charge in [0.25, 0.3) is 0 Å². The van der Waals surface area contributed by atoms with E-state index in [1.807, 2.05) is 54.9 Å². The van der Waals surface area contributed by atoms with Crippen LogP contribution in [0.15, 0.2) is 59.6 Å². The highest BCUT2D eigenvalue weighted by atomic mass is 32.2. The Balaban J connectivity index is 1.50. The largest absolute Gasteiger partial charge is 0.350 e. The number of hydrogen-bond acceptors (Lipinski definition) is 3. The first-order chi connectivity index (χ1) is 14.9. The van der Waals surface area contributed by atoms with Gasteiger partial charge in [-0.2, -0.15) is 4.31 Å². The first-order valence-electron chi connectivity index (χ1n) is 10.8. The molecule has 0 aliphatic carbocycles. The summed E-state index contributed by atoms with van der Waals surface area (Å²) in [6, 6.07) is 14.7. The maximum absolute atomic E-state index is 13.0. The van der Waals surface area contributed by atoms with Gasteiger partial charge < -0.3 is 9.88 Å². The van der Waals surface area contributed by atoms with Crippen molar-refractivity contribution < 1.29 is 13.2 Å². The molecule has 2 aromatic carbocycles. The topological polar surface area (TPSA) is 71.4 Å². The Morgan fingerprint density at radius 2 is 1.74 bits per heavy atom. The lowest BCUT2D eigenvalue weighted by atomic mass is 10.1. The molecule has 0 bridgehead atoms. The zero-order valence-corrected chi connectivity index (χ0v) is 18.9. The Morgan fingerprint density at radius 1 is 1.03 bits per heavy atom. The van der Waals surface area contributed by atoms with Gasteiger partial charge in [0.2, 0.25) is 15.9 Å². The lowest BCUT2D eigenvalue weighted by Crippen LogP contribution is -2.35. The van der Waals surface area contributed by atoms with Crippen LogP contribution in [0.25, 0.3) is 10.9 Å². The molecular weight excluding hydrogens is 410 g/mol. The fraction of sp³-hybridized carbons (Fsp3) is 0.375. The molecule has 7 heteroatoms. The predicted octanol–water partition coefficient (Wildman–Crippen LogP) is 4.00. The number of aryl methyl sites for hydroxylation is 1. The molecule has 1 aromatic heterocycles. The molecule has 0 spiro atoms. The Morgan fingerprint density at radius 3 is 2.45 bits per heavy atom.